The van der Waals surface area contributed by atoms with Gasteiger partial charge in [0.25, 0.3) is 0 Å². The quantitative estimate of drug-likeness (QED) is 0.105. The maximum Gasteiger partial charge on any atom is 0.212 e. The molecule has 0 amide bonds. The average Bonchev–Trinajstić information content (AvgIpc) is 3.81. The number of anilines is 2. The molecule has 10 aromatic rings. The first-order chi connectivity index (χ1) is 31.1. The second kappa shape index (κ2) is 16.2. The lowest BCUT2D eigenvalue weighted by atomic mass is 9.98. The fraction of sp³-hybridized carbons (Fsp3) is 0.119. The molecule has 0 spiro atoms. The van der Waals surface area contributed by atoms with E-state index in [4.69, 9.17) is 0 Å². The van der Waals surface area contributed by atoms with Crippen LogP contribution in [-0.2, 0) is 14.1 Å². The molecule has 0 radical (unpaired) electrons. The van der Waals surface area contributed by atoms with Crippen LogP contribution in [0.4, 0.5) is 11.4 Å². The van der Waals surface area contributed by atoms with E-state index in [-0.39, 0.29) is 0 Å². The van der Waals surface area contributed by atoms with Gasteiger partial charge in [0.05, 0.1) is 33.2 Å². The summed E-state index contributed by atoms with van der Waals surface area (Å²) in [6.45, 7) is 15.4. The molecule has 4 heterocycles. The maximum atomic E-state index is 4.40. The average molecular weight is 832 g/mol. The molecule has 0 atom stereocenters. The Morgan fingerprint density at radius 2 is 1.09 bits per heavy atom. The van der Waals surface area contributed by atoms with Gasteiger partial charge >= 0.3 is 0 Å². The molecule has 4 aromatic heterocycles. The first-order valence-corrected chi connectivity index (χ1v) is 22.1. The van der Waals surface area contributed by atoms with Crippen molar-refractivity contribution in [3.05, 3.63) is 211 Å². The third-order valence-corrected chi connectivity index (χ3v) is 13.1. The fourth-order valence-corrected chi connectivity index (χ4v) is 9.81. The predicted molar refractivity (Wildman–Crippen MR) is 270 cm³/mol. The van der Waals surface area contributed by atoms with E-state index in [0.29, 0.717) is 0 Å². The molecule has 0 fully saturated rings. The van der Waals surface area contributed by atoms with Gasteiger partial charge in [0.1, 0.15) is 14.1 Å². The summed E-state index contributed by atoms with van der Waals surface area (Å²) in [6, 6.07) is 57.3. The minimum absolute atomic E-state index is 0.999. The molecule has 6 aromatic carbocycles. The van der Waals surface area contributed by atoms with Crippen molar-refractivity contribution in [3.63, 3.8) is 0 Å². The molecule has 0 N–H and O–H groups in total. The molecule has 0 saturated heterocycles. The van der Waals surface area contributed by atoms with Crippen molar-refractivity contribution in [2.45, 2.75) is 34.6 Å². The molecule has 0 aliphatic rings. The first kappa shape index (κ1) is 40.3. The number of aryl methyl sites for hydroxylation is 2. The number of hydrogen-bond donors (Lipinski definition) is 0. The van der Waals surface area contributed by atoms with E-state index in [9.17, 15) is 0 Å². The molecule has 5 nitrogen and oxygen atoms in total. The fourth-order valence-electron chi connectivity index (χ4n) is 9.81. The van der Waals surface area contributed by atoms with Gasteiger partial charge in [-0.05, 0) is 142 Å². The van der Waals surface area contributed by atoms with Crippen LogP contribution in [0.15, 0.2) is 195 Å². The Morgan fingerprint density at radius 1 is 0.516 bits per heavy atom. The van der Waals surface area contributed by atoms with Crippen LogP contribution in [0.5, 0.6) is 0 Å². The standard InChI is InChI=1S/C59H53N5/c1-39(2)62-56-27-13-12-22-48(56)50-37-51-49-36-44(32-33-57(49)64(59(51)38-58(50)62)45-20-10-9-11-21-45)40(3)30-31-41(4)63(52-28-18-23-46(42(52)5)54-25-14-16-34-60(54)7)53-29-19-24-47(43(53)6)55-26-15-17-35-61(55)8/h9-38H,1H2,2-8H3/q+2/b40-30+,41-31+. The molecule has 0 aliphatic heterocycles. The molecule has 0 bridgehead atoms. The monoisotopic (exact) mass is 831 g/mol. The topological polar surface area (TPSA) is 20.9 Å². The zero-order valence-electron chi connectivity index (χ0n) is 37.8. The zero-order chi connectivity index (χ0) is 44.2. The molecule has 0 unspecified atom stereocenters. The van der Waals surface area contributed by atoms with Crippen molar-refractivity contribution >= 4 is 66.3 Å². The van der Waals surface area contributed by atoms with E-state index in [2.05, 4.69) is 261 Å². The normalized spacial score (nSPS) is 12.2. The highest BCUT2D eigenvalue weighted by Gasteiger charge is 2.24. The van der Waals surface area contributed by atoms with Crippen molar-refractivity contribution in [3.8, 4) is 28.2 Å². The lowest BCUT2D eigenvalue weighted by molar-refractivity contribution is -0.660. The molecular weight excluding hydrogens is 779 g/mol. The number of hydrogen-bond acceptors (Lipinski definition) is 1. The first-order valence-electron chi connectivity index (χ1n) is 22.1. The van der Waals surface area contributed by atoms with Crippen LogP contribution in [0.25, 0.3) is 83.1 Å². The summed E-state index contributed by atoms with van der Waals surface area (Å²) in [6.07, 6.45) is 8.80. The molecular formula is C59H53N5+2. The Morgan fingerprint density at radius 3 is 1.72 bits per heavy atom. The van der Waals surface area contributed by atoms with Gasteiger partial charge in [-0.15, -0.1) is 0 Å². The number of allylic oxidation sites excluding steroid dienone is 5. The Labute approximate surface area is 376 Å². The highest BCUT2D eigenvalue weighted by Crippen LogP contribution is 2.42. The van der Waals surface area contributed by atoms with Crippen LogP contribution in [0.2, 0.25) is 0 Å². The third-order valence-electron chi connectivity index (χ3n) is 13.1. The Balaban J connectivity index is 1.14. The smallest absolute Gasteiger partial charge is 0.212 e. The highest BCUT2D eigenvalue weighted by molar-refractivity contribution is 6.19. The lowest BCUT2D eigenvalue weighted by Gasteiger charge is -2.30. The molecule has 0 aliphatic carbocycles. The van der Waals surface area contributed by atoms with Crippen LogP contribution < -0.4 is 14.0 Å². The van der Waals surface area contributed by atoms with Crippen LogP contribution in [0.3, 0.4) is 0 Å². The molecule has 5 heteroatoms. The number of rotatable bonds is 9. The number of nitrogens with zero attached hydrogens (tertiary/aromatic N) is 5. The summed E-state index contributed by atoms with van der Waals surface area (Å²) in [5.74, 6) is 0. The molecule has 64 heavy (non-hydrogen) atoms. The molecule has 312 valence electrons. The second-order valence-corrected chi connectivity index (χ2v) is 17.2. The van der Waals surface area contributed by atoms with E-state index in [1.807, 2.05) is 0 Å². The van der Waals surface area contributed by atoms with Crippen molar-refractivity contribution in [2.75, 3.05) is 4.90 Å². The Kier molecular flexibility index (Phi) is 10.2. The maximum absolute atomic E-state index is 4.40. The third kappa shape index (κ3) is 6.72. The Bertz CT molecular complexity index is 3450. The van der Waals surface area contributed by atoms with Crippen molar-refractivity contribution in [1.29, 1.82) is 0 Å². The van der Waals surface area contributed by atoms with Crippen molar-refractivity contribution in [2.24, 2.45) is 14.1 Å². The van der Waals surface area contributed by atoms with E-state index in [0.717, 1.165) is 28.5 Å². The number of para-hydroxylation sites is 2. The van der Waals surface area contributed by atoms with E-state index in [1.165, 1.54) is 88.4 Å². The second-order valence-electron chi connectivity index (χ2n) is 17.2. The number of benzene rings is 6. The van der Waals surface area contributed by atoms with Gasteiger partial charge in [0.15, 0.2) is 12.4 Å². The number of fused-ring (bicyclic) bond motifs is 6. The minimum atomic E-state index is 0.999. The van der Waals surface area contributed by atoms with Crippen molar-refractivity contribution in [1.82, 2.24) is 9.13 Å². The largest absolute Gasteiger partial charge is 0.314 e. The summed E-state index contributed by atoms with van der Waals surface area (Å²) in [5.41, 5.74) is 19.8. The van der Waals surface area contributed by atoms with Gasteiger partial charge in [-0.25, -0.2) is 9.13 Å². The summed E-state index contributed by atoms with van der Waals surface area (Å²) >= 11 is 0. The summed E-state index contributed by atoms with van der Waals surface area (Å²) in [4.78, 5) is 2.44. The summed E-state index contributed by atoms with van der Waals surface area (Å²) in [7, 11) is 4.23. The van der Waals surface area contributed by atoms with Gasteiger partial charge in [-0.2, -0.15) is 0 Å². The van der Waals surface area contributed by atoms with Gasteiger partial charge in [-0.3, -0.25) is 0 Å². The van der Waals surface area contributed by atoms with Gasteiger partial charge in [0.2, 0.25) is 11.4 Å². The van der Waals surface area contributed by atoms with E-state index < -0.39 is 0 Å². The van der Waals surface area contributed by atoms with Gasteiger partial charge in [-0.1, -0.05) is 67.3 Å². The van der Waals surface area contributed by atoms with Crippen molar-refractivity contribution < 1.29 is 9.13 Å². The summed E-state index contributed by atoms with van der Waals surface area (Å²) < 4.78 is 9.10. The minimum Gasteiger partial charge on any atom is -0.314 e. The predicted octanol–water partition coefficient (Wildman–Crippen LogP) is 14.1. The van der Waals surface area contributed by atoms with E-state index >= 15 is 0 Å². The van der Waals surface area contributed by atoms with Gasteiger partial charge in [0, 0.05) is 74.3 Å². The van der Waals surface area contributed by atoms with E-state index in [1.54, 1.807) is 0 Å². The number of pyridine rings is 2. The zero-order valence-corrected chi connectivity index (χ0v) is 37.8. The van der Waals surface area contributed by atoms with Crippen LogP contribution in [-0.4, -0.2) is 9.13 Å². The summed E-state index contributed by atoms with van der Waals surface area (Å²) in [5, 5.41) is 4.92. The molecule has 10 rings (SSSR count). The lowest BCUT2D eigenvalue weighted by Crippen LogP contribution is -2.30. The number of aromatic nitrogens is 4. The van der Waals surface area contributed by atoms with Crippen LogP contribution in [0.1, 0.15) is 37.5 Å². The highest BCUT2D eigenvalue weighted by atomic mass is 15.2. The van der Waals surface area contributed by atoms with Crippen LogP contribution >= 0.6 is 0 Å². The van der Waals surface area contributed by atoms with Gasteiger partial charge < -0.3 is 14.0 Å². The Hall–Kier alpha value is -7.76. The SMILES string of the molecule is C=C(C)n1c2ccccc2c2cc3c4cc(/C(C)=C/C=C(\C)N(c5cccc(-c6cccc[n+]6C)c5C)c5cccc(-c6cccc[n+]6C)c5C)ccc4n(-c4ccccc4)c3cc21. The van der Waals surface area contributed by atoms with Crippen LogP contribution in [0, 0.1) is 13.8 Å². The molecule has 0 saturated carbocycles.